The van der Waals surface area contributed by atoms with Crippen LogP contribution < -0.4 is 4.74 Å². The minimum absolute atomic E-state index is 0.0374. The number of hydrogen-bond acceptors (Lipinski definition) is 4. The highest BCUT2D eigenvalue weighted by molar-refractivity contribution is 7.93. The fourth-order valence-corrected chi connectivity index (χ4v) is 4.11. The maximum Gasteiger partial charge on any atom is 0.218 e. The zero-order valence-corrected chi connectivity index (χ0v) is 13.0. The average molecular weight is 316 g/mol. The molecule has 0 unspecified atom stereocenters. The molecule has 0 aliphatic heterocycles. The first-order valence-corrected chi connectivity index (χ1v) is 8.53. The van der Waals surface area contributed by atoms with Gasteiger partial charge in [-0.25, -0.2) is 8.42 Å². The summed E-state index contributed by atoms with van der Waals surface area (Å²) in [4.78, 5) is 10.4. The van der Waals surface area contributed by atoms with Gasteiger partial charge in [0.15, 0.2) is 5.78 Å². The van der Waals surface area contributed by atoms with Crippen molar-refractivity contribution >= 4 is 15.6 Å². The van der Waals surface area contributed by atoms with Gasteiger partial charge in [-0.05, 0) is 43.3 Å². The first-order valence-electron chi connectivity index (χ1n) is 7.04. The molecule has 1 aliphatic carbocycles. The van der Waals surface area contributed by atoms with Crippen LogP contribution in [0.3, 0.4) is 0 Å². The van der Waals surface area contributed by atoms with Gasteiger partial charge < -0.3 is 4.74 Å². The van der Waals surface area contributed by atoms with Crippen LogP contribution in [0.4, 0.5) is 0 Å². The van der Waals surface area contributed by atoms with Gasteiger partial charge in [0.25, 0.3) is 0 Å². The van der Waals surface area contributed by atoms with Crippen LogP contribution in [-0.2, 0) is 9.84 Å². The number of carbonyl (C=O) groups excluding carboxylic acids is 1. The van der Waals surface area contributed by atoms with Gasteiger partial charge in [-0.3, -0.25) is 4.79 Å². The Hall–Kier alpha value is -2.14. The summed E-state index contributed by atoms with van der Waals surface area (Å²) in [7, 11) is -3.54. The summed E-state index contributed by atoms with van der Waals surface area (Å²) in [6.07, 6.45) is 0.942. The molecule has 0 atom stereocenters. The van der Waals surface area contributed by atoms with Gasteiger partial charge in [-0.2, -0.15) is 0 Å². The standard InChI is InChI=1S/C17H16O4S/c1-13(18)14-7-9-15(10-8-14)21-17(11-12-17)22(19,20)16-5-3-2-4-6-16/h2-10H,11-12H2,1H3. The zero-order valence-electron chi connectivity index (χ0n) is 12.2. The van der Waals surface area contributed by atoms with E-state index >= 15 is 0 Å². The number of ketones is 1. The topological polar surface area (TPSA) is 60.4 Å². The molecule has 0 heterocycles. The second-order valence-corrected chi connectivity index (χ2v) is 7.63. The first kappa shape index (κ1) is 14.8. The Morgan fingerprint density at radius 2 is 1.59 bits per heavy atom. The van der Waals surface area contributed by atoms with Crippen LogP contribution in [0, 0.1) is 0 Å². The van der Waals surface area contributed by atoms with E-state index in [2.05, 4.69) is 0 Å². The summed E-state index contributed by atoms with van der Waals surface area (Å²) in [6, 6.07) is 14.9. The predicted octanol–water partition coefficient (Wildman–Crippen LogP) is 3.23. The molecule has 0 N–H and O–H groups in total. The van der Waals surface area contributed by atoms with Crippen LogP contribution in [0.1, 0.15) is 30.1 Å². The van der Waals surface area contributed by atoms with Gasteiger partial charge in [0.1, 0.15) is 5.75 Å². The second kappa shape index (κ2) is 5.25. The number of hydrogen-bond donors (Lipinski definition) is 0. The molecule has 0 saturated heterocycles. The number of ether oxygens (including phenoxy) is 1. The van der Waals surface area contributed by atoms with Gasteiger partial charge in [-0.15, -0.1) is 0 Å². The molecule has 4 nitrogen and oxygen atoms in total. The minimum atomic E-state index is -3.54. The van der Waals surface area contributed by atoms with E-state index in [1.54, 1.807) is 54.6 Å². The summed E-state index contributed by atoms with van der Waals surface area (Å²) in [5.74, 6) is 0.423. The largest absolute Gasteiger partial charge is 0.471 e. The molecule has 0 aromatic heterocycles. The maximum atomic E-state index is 12.7. The molecule has 0 radical (unpaired) electrons. The average Bonchev–Trinajstić information content (AvgIpc) is 3.30. The molecule has 5 heteroatoms. The zero-order chi connectivity index (χ0) is 15.8. The van der Waals surface area contributed by atoms with E-state index in [0.717, 1.165) is 0 Å². The van der Waals surface area contributed by atoms with Gasteiger partial charge in [0, 0.05) is 18.4 Å². The highest BCUT2D eigenvalue weighted by atomic mass is 32.2. The van der Waals surface area contributed by atoms with Crippen molar-refractivity contribution < 1.29 is 17.9 Å². The third kappa shape index (κ3) is 2.52. The number of sulfone groups is 1. The second-order valence-electron chi connectivity index (χ2n) is 5.41. The molecule has 22 heavy (non-hydrogen) atoms. The Kier molecular flexibility index (Phi) is 3.53. The fraction of sp³-hybridized carbons (Fsp3) is 0.235. The third-order valence-electron chi connectivity index (χ3n) is 3.77. The Balaban J connectivity index is 1.87. The number of carbonyl (C=O) groups is 1. The van der Waals surface area contributed by atoms with Crippen molar-refractivity contribution in [2.24, 2.45) is 0 Å². The Labute approximate surface area is 129 Å². The lowest BCUT2D eigenvalue weighted by Gasteiger charge is -2.19. The molecule has 0 spiro atoms. The SMILES string of the molecule is CC(=O)c1ccc(OC2(S(=O)(=O)c3ccccc3)CC2)cc1. The van der Waals surface area contributed by atoms with E-state index in [-0.39, 0.29) is 10.7 Å². The Morgan fingerprint density at radius 3 is 2.09 bits per heavy atom. The molecule has 0 bridgehead atoms. The Bertz CT molecular complexity index is 788. The van der Waals surface area contributed by atoms with Crippen molar-refractivity contribution in [2.45, 2.75) is 29.6 Å². The molecule has 1 saturated carbocycles. The van der Waals surface area contributed by atoms with E-state index < -0.39 is 14.8 Å². The van der Waals surface area contributed by atoms with Gasteiger partial charge >= 0.3 is 0 Å². The normalized spacial score (nSPS) is 16.0. The van der Waals surface area contributed by atoms with Gasteiger partial charge in [0.05, 0.1) is 4.90 Å². The van der Waals surface area contributed by atoms with E-state index in [0.29, 0.717) is 24.2 Å². The first-order chi connectivity index (χ1) is 10.4. The monoisotopic (exact) mass is 316 g/mol. The summed E-state index contributed by atoms with van der Waals surface area (Å²) < 4.78 is 31.2. The van der Waals surface area contributed by atoms with Gasteiger partial charge in [0.2, 0.25) is 14.8 Å². The highest BCUT2D eigenvalue weighted by Gasteiger charge is 2.58. The molecule has 114 valence electrons. The number of rotatable bonds is 5. The summed E-state index contributed by atoms with van der Waals surface area (Å²) in [5, 5.41) is 0. The summed E-state index contributed by atoms with van der Waals surface area (Å²) in [5.41, 5.74) is 0.572. The predicted molar refractivity (Wildman–Crippen MR) is 82.7 cm³/mol. The molecule has 2 aromatic rings. The van der Waals surface area contributed by atoms with Crippen LogP contribution in [0.25, 0.3) is 0 Å². The number of Topliss-reactive ketones (excluding diaryl/α,β-unsaturated/α-hetero) is 1. The quantitative estimate of drug-likeness (QED) is 0.795. The van der Waals surface area contributed by atoms with E-state index in [9.17, 15) is 13.2 Å². The lowest BCUT2D eigenvalue weighted by molar-refractivity contribution is 0.101. The van der Waals surface area contributed by atoms with Crippen molar-refractivity contribution in [3.63, 3.8) is 0 Å². The lowest BCUT2D eigenvalue weighted by Crippen LogP contribution is -2.29. The van der Waals surface area contributed by atoms with Crippen LogP contribution in [0.15, 0.2) is 59.5 Å². The van der Waals surface area contributed by atoms with Crippen LogP contribution in [0.2, 0.25) is 0 Å². The molecular formula is C17H16O4S. The minimum Gasteiger partial charge on any atom is -0.471 e. The van der Waals surface area contributed by atoms with Crippen LogP contribution >= 0.6 is 0 Å². The summed E-state index contributed by atoms with van der Waals surface area (Å²) in [6.45, 7) is 1.48. The van der Waals surface area contributed by atoms with Gasteiger partial charge in [-0.1, -0.05) is 18.2 Å². The van der Waals surface area contributed by atoms with E-state index in [1.165, 1.54) is 6.92 Å². The Morgan fingerprint density at radius 1 is 1.00 bits per heavy atom. The molecular weight excluding hydrogens is 300 g/mol. The fourth-order valence-electron chi connectivity index (χ4n) is 2.31. The van der Waals surface area contributed by atoms with Crippen molar-refractivity contribution in [3.8, 4) is 5.75 Å². The lowest BCUT2D eigenvalue weighted by atomic mass is 10.1. The molecule has 0 amide bonds. The highest BCUT2D eigenvalue weighted by Crippen LogP contribution is 2.47. The van der Waals surface area contributed by atoms with Crippen molar-refractivity contribution in [1.29, 1.82) is 0 Å². The van der Waals surface area contributed by atoms with E-state index in [4.69, 9.17) is 4.74 Å². The van der Waals surface area contributed by atoms with Crippen LogP contribution in [0.5, 0.6) is 5.75 Å². The summed E-state index contributed by atoms with van der Waals surface area (Å²) >= 11 is 0. The molecule has 3 rings (SSSR count). The third-order valence-corrected chi connectivity index (χ3v) is 6.13. The molecule has 1 fully saturated rings. The van der Waals surface area contributed by atoms with E-state index in [1.807, 2.05) is 0 Å². The molecule has 2 aromatic carbocycles. The van der Waals surface area contributed by atoms with Crippen molar-refractivity contribution in [2.75, 3.05) is 0 Å². The molecule has 1 aliphatic rings. The van der Waals surface area contributed by atoms with Crippen molar-refractivity contribution in [1.82, 2.24) is 0 Å². The van der Waals surface area contributed by atoms with Crippen molar-refractivity contribution in [3.05, 3.63) is 60.2 Å². The number of benzene rings is 2. The van der Waals surface area contributed by atoms with Crippen LogP contribution in [-0.4, -0.2) is 19.1 Å². The maximum absolute atomic E-state index is 12.7. The smallest absolute Gasteiger partial charge is 0.218 e.